The van der Waals surface area contributed by atoms with Crippen LogP contribution < -0.4 is 0 Å². The molecule has 0 spiro atoms. The van der Waals surface area contributed by atoms with E-state index in [9.17, 15) is 10.2 Å². The third kappa shape index (κ3) is 3.27. The highest BCUT2D eigenvalue weighted by atomic mass is 16.3. The monoisotopic (exact) mass is 298 g/mol. The minimum atomic E-state index is 0.240. The molecule has 2 N–H and O–H groups in total. The van der Waals surface area contributed by atoms with Gasteiger partial charge in [-0.15, -0.1) is 0 Å². The Morgan fingerprint density at radius 1 is 0.818 bits per heavy atom. The van der Waals surface area contributed by atoms with Crippen LogP contribution in [0.5, 0.6) is 11.5 Å². The van der Waals surface area contributed by atoms with E-state index in [0.717, 1.165) is 27.9 Å². The third-order valence-electron chi connectivity index (χ3n) is 3.72. The van der Waals surface area contributed by atoms with Crippen LogP contribution in [0, 0.1) is 20.8 Å². The molecule has 116 valence electrons. The molecule has 4 heteroatoms. The number of hydrogen-bond donors (Lipinski definition) is 2. The molecule has 0 unspecified atom stereocenters. The summed E-state index contributed by atoms with van der Waals surface area (Å²) in [5.74, 6) is 0.810. The summed E-state index contributed by atoms with van der Waals surface area (Å²) in [5.41, 5.74) is 4.75. The molecule has 0 bridgehead atoms. The molecule has 2 rings (SSSR count). The molecule has 0 saturated carbocycles. The predicted molar refractivity (Wildman–Crippen MR) is 88.7 cm³/mol. The molecule has 2 aromatic carbocycles. The Kier molecular flexibility index (Phi) is 4.50. The van der Waals surface area contributed by atoms with Gasteiger partial charge in [0.15, 0.2) is 0 Å². The average Bonchev–Trinajstić information content (AvgIpc) is 2.45. The van der Waals surface area contributed by atoms with Crippen LogP contribution in [0.3, 0.4) is 0 Å². The maximum absolute atomic E-state index is 9.86. The van der Waals surface area contributed by atoms with E-state index in [-0.39, 0.29) is 11.7 Å². The maximum atomic E-state index is 9.86. The van der Waals surface area contributed by atoms with Gasteiger partial charge in [-0.25, -0.2) is 0 Å². The first kappa shape index (κ1) is 16.0. The second kappa shape index (κ2) is 6.18. The average molecular weight is 298 g/mol. The zero-order chi connectivity index (χ0) is 16.4. The second-order valence-electron chi connectivity index (χ2n) is 5.98. The fourth-order valence-electron chi connectivity index (χ4n) is 2.35. The predicted octanol–water partition coefficient (Wildman–Crippen LogP) is 5.56. The number of nitrogens with zero attached hydrogens (tertiary/aromatic N) is 2. The van der Waals surface area contributed by atoms with Crippen LogP contribution in [0.1, 0.15) is 42.0 Å². The summed E-state index contributed by atoms with van der Waals surface area (Å²) in [5, 5.41) is 28.3. The normalized spacial score (nSPS) is 11.5. The standard InChI is InChI=1S/C18H22N2O2/c1-10(2)15-9-17(21)11(3)8-16(15)20-19-14-6-12(4)18(22)13(5)7-14/h6-10,21-22H,1-5H3. The smallest absolute Gasteiger partial charge is 0.121 e. The number of hydrogen-bond acceptors (Lipinski definition) is 4. The summed E-state index contributed by atoms with van der Waals surface area (Å²) in [6.45, 7) is 9.63. The molecule has 4 nitrogen and oxygen atoms in total. The Hall–Kier alpha value is -2.36. The number of aromatic hydroxyl groups is 2. The van der Waals surface area contributed by atoms with Crippen molar-refractivity contribution in [1.82, 2.24) is 0 Å². The zero-order valence-electron chi connectivity index (χ0n) is 13.7. The fourth-order valence-corrected chi connectivity index (χ4v) is 2.35. The summed E-state index contributed by atoms with van der Waals surface area (Å²) in [4.78, 5) is 0. The van der Waals surface area contributed by atoms with Crippen LogP contribution in [0.2, 0.25) is 0 Å². The second-order valence-corrected chi connectivity index (χ2v) is 5.98. The van der Waals surface area contributed by atoms with Crippen molar-refractivity contribution in [3.8, 4) is 11.5 Å². The Labute approximate surface area is 131 Å². The highest BCUT2D eigenvalue weighted by Gasteiger charge is 2.10. The molecular weight excluding hydrogens is 276 g/mol. The molecule has 0 fully saturated rings. The SMILES string of the molecule is Cc1cc(N=Nc2cc(C)c(O)c(C)c2)c(C(C)C)cc1O. The lowest BCUT2D eigenvalue weighted by Gasteiger charge is -2.11. The number of phenolic OH excluding ortho intramolecular Hbond substituents is 2. The summed E-state index contributed by atoms with van der Waals surface area (Å²) in [6, 6.07) is 7.19. The number of azo groups is 1. The van der Waals surface area contributed by atoms with E-state index in [0.29, 0.717) is 11.4 Å². The number of rotatable bonds is 3. The number of benzene rings is 2. The van der Waals surface area contributed by atoms with Gasteiger partial charge in [0.05, 0.1) is 11.4 Å². The Balaban J connectivity index is 2.44. The van der Waals surface area contributed by atoms with Gasteiger partial charge in [-0.3, -0.25) is 0 Å². The molecule has 0 atom stereocenters. The first-order chi connectivity index (χ1) is 10.3. The van der Waals surface area contributed by atoms with Crippen molar-refractivity contribution in [2.45, 2.75) is 40.5 Å². The van der Waals surface area contributed by atoms with Gasteiger partial charge in [0.1, 0.15) is 11.5 Å². The minimum Gasteiger partial charge on any atom is -0.508 e. The highest BCUT2D eigenvalue weighted by Crippen LogP contribution is 2.34. The summed E-state index contributed by atoms with van der Waals surface area (Å²) >= 11 is 0. The molecule has 0 aliphatic heterocycles. The first-order valence-electron chi connectivity index (χ1n) is 7.35. The van der Waals surface area contributed by atoms with Crippen molar-refractivity contribution in [2.75, 3.05) is 0 Å². The largest absolute Gasteiger partial charge is 0.508 e. The van der Waals surface area contributed by atoms with Crippen molar-refractivity contribution in [3.63, 3.8) is 0 Å². The van der Waals surface area contributed by atoms with Crippen LogP contribution in [-0.4, -0.2) is 10.2 Å². The maximum Gasteiger partial charge on any atom is 0.121 e. The summed E-state index contributed by atoms with van der Waals surface area (Å²) in [6.07, 6.45) is 0. The van der Waals surface area contributed by atoms with Gasteiger partial charge >= 0.3 is 0 Å². The van der Waals surface area contributed by atoms with Crippen LogP contribution in [0.15, 0.2) is 34.5 Å². The van der Waals surface area contributed by atoms with E-state index >= 15 is 0 Å². The van der Waals surface area contributed by atoms with Gasteiger partial charge in [0.25, 0.3) is 0 Å². The van der Waals surface area contributed by atoms with E-state index in [1.54, 1.807) is 18.2 Å². The van der Waals surface area contributed by atoms with Gasteiger partial charge < -0.3 is 10.2 Å². The van der Waals surface area contributed by atoms with Crippen molar-refractivity contribution < 1.29 is 10.2 Å². The third-order valence-corrected chi connectivity index (χ3v) is 3.72. The molecule has 0 aliphatic carbocycles. The lowest BCUT2D eigenvalue weighted by atomic mass is 9.99. The lowest BCUT2D eigenvalue weighted by molar-refractivity contribution is 0.467. The molecule has 0 aliphatic rings. The summed E-state index contributed by atoms with van der Waals surface area (Å²) < 4.78 is 0. The topological polar surface area (TPSA) is 65.2 Å². The molecule has 0 radical (unpaired) electrons. The van der Waals surface area contributed by atoms with Crippen molar-refractivity contribution >= 4 is 11.4 Å². The van der Waals surface area contributed by atoms with Gasteiger partial charge in [-0.1, -0.05) is 13.8 Å². The number of phenols is 2. The molecule has 22 heavy (non-hydrogen) atoms. The zero-order valence-corrected chi connectivity index (χ0v) is 13.7. The van der Waals surface area contributed by atoms with Gasteiger partial charge in [0.2, 0.25) is 0 Å². The summed E-state index contributed by atoms with van der Waals surface area (Å²) in [7, 11) is 0. The molecular formula is C18H22N2O2. The van der Waals surface area contributed by atoms with E-state index < -0.39 is 0 Å². The number of aryl methyl sites for hydroxylation is 3. The van der Waals surface area contributed by atoms with Gasteiger partial charge in [-0.2, -0.15) is 10.2 Å². The highest BCUT2D eigenvalue weighted by molar-refractivity contribution is 5.55. The van der Waals surface area contributed by atoms with Crippen molar-refractivity contribution in [2.24, 2.45) is 10.2 Å². The minimum absolute atomic E-state index is 0.240. The van der Waals surface area contributed by atoms with E-state index in [4.69, 9.17) is 0 Å². The van der Waals surface area contributed by atoms with Gasteiger partial charge in [0, 0.05) is 0 Å². The van der Waals surface area contributed by atoms with Crippen LogP contribution >= 0.6 is 0 Å². The van der Waals surface area contributed by atoms with Crippen molar-refractivity contribution in [1.29, 1.82) is 0 Å². The fraction of sp³-hybridized carbons (Fsp3) is 0.333. The molecule has 0 saturated heterocycles. The van der Waals surface area contributed by atoms with E-state index in [2.05, 4.69) is 24.1 Å². The molecule has 0 aromatic heterocycles. The van der Waals surface area contributed by atoms with E-state index in [1.165, 1.54) is 0 Å². The molecule has 0 heterocycles. The molecule has 0 amide bonds. The first-order valence-corrected chi connectivity index (χ1v) is 7.35. The quantitative estimate of drug-likeness (QED) is 0.728. The van der Waals surface area contributed by atoms with Gasteiger partial charge in [-0.05, 0) is 73.2 Å². The Morgan fingerprint density at radius 3 is 1.95 bits per heavy atom. The Morgan fingerprint density at radius 2 is 1.41 bits per heavy atom. The lowest BCUT2D eigenvalue weighted by Crippen LogP contribution is -1.89. The van der Waals surface area contributed by atoms with Crippen LogP contribution in [0.4, 0.5) is 11.4 Å². The van der Waals surface area contributed by atoms with Crippen molar-refractivity contribution in [3.05, 3.63) is 46.5 Å². The molecule has 2 aromatic rings. The van der Waals surface area contributed by atoms with Crippen LogP contribution in [-0.2, 0) is 0 Å². The van der Waals surface area contributed by atoms with E-state index in [1.807, 2.05) is 26.8 Å². The van der Waals surface area contributed by atoms with Crippen LogP contribution in [0.25, 0.3) is 0 Å². The Bertz CT molecular complexity index is 711.